The Kier molecular flexibility index (Phi) is 11.1. The Labute approximate surface area is 206 Å². The predicted molar refractivity (Wildman–Crippen MR) is 132 cm³/mol. The van der Waals surface area contributed by atoms with Crippen LogP contribution in [0.3, 0.4) is 0 Å². The van der Waals surface area contributed by atoms with Crippen LogP contribution in [0, 0.1) is 6.92 Å². The quantitative estimate of drug-likeness (QED) is 0.0904. The van der Waals surface area contributed by atoms with Crippen molar-refractivity contribution in [1.82, 2.24) is 9.97 Å². The average Bonchev–Trinajstić information content (AvgIpc) is 2.80. The number of esters is 1. The zero-order valence-corrected chi connectivity index (χ0v) is 20.8. The summed E-state index contributed by atoms with van der Waals surface area (Å²) in [5.74, 6) is -0.485. The standard InChI is InChI=1S/C17H17Cl2NO3.C5H5ClN2S/c1-3-22-10-23-17(21)12-6-4-5-7-14(12)20-16-13(18)9-8-11(2)15(16)19;1-9-4-2-3-7-5(6)8-4/h4-9,20H,3,10H2,1-2H3;2-3H,1H3. The minimum atomic E-state index is -0.485. The number of aryl methyl sites for hydroxylation is 1. The van der Waals surface area contributed by atoms with Gasteiger partial charge in [-0.25, -0.2) is 14.8 Å². The Bertz CT molecular complexity index is 1050. The first-order valence-corrected chi connectivity index (χ1v) is 11.8. The van der Waals surface area contributed by atoms with Crippen LogP contribution in [0.15, 0.2) is 53.7 Å². The van der Waals surface area contributed by atoms with Gasteiger partial charge < -0.3 is 14.8 Å². The molecule has 0 aliphatic carbocycles. The van der Waals surface area contributed by atoms with Crippen LogP contribution in [0.25, 0.3) is 0 Å². The number of thioether (sulfide) groups is 1. The van der Waals surface area contributed by atoms with Crippen LogP contribution < -0.4 is 5.32 Å². The lowest BCUT2D eigenvalue weighted by molar-refractivity contribution is -0.0273. The number of halogens is 3. The van der Waals surface area contributed by atoms with Gasteiger partial charge in [0, 0.05) is 12.8 Å². The van der Waals surface area contributed by atoms with Crippen molar-refractivity contribution in [1.29, 1.82) is 0 Å². The van der Waals surface area contributed by atoms with Crippen molar-refractivity contribution in [2.24, 2.45) is 0 Å². The smallest absolute Gasteiger partial charge is 0.342 e. The number of carbonyl (C=O) groups is 1. The van der Waals surface area contributed by atoms with Crippen molar-refractivity contribution in [2.45, 2.75) is 18.9 Å². The molecule has 0 aliphatic rings. The van der Waals surface area contributed by atoms with E-state index in [1.165, 1.54) is 0 Å². The fourth-order valence-electron chi connectivity index (χ4n) is 2.37. The van der Waals surface area contributed by atoms with Gasteiger partial charge in [-0.1, -0.05) is 41.4 Å². The molecule has 0 amide bonds. The zero-order valence-electron chi connectivity index (χ0n) is 17.7. The Morgan fingerprint density at radius 3 is 2.53 bits per heavy atom. The first-order valence-electron chi connectivity index (χ1n) is 9.45. The molecule has 0 atom stereocenters. The molecule has 170 valence electrons. The summed E-state index contributed by atoms with van der Waals surface area (Å²) in [5, 5.41) is 5.30. The Balaban J connectivity index is 0.000000336. The molecular formula is C22H22Cl3N3O3S. The largest absolute Gasteiger partial charge is 0.435 e. The Morgan fingerprint density at radius 2 is 1.88 bits per heavy atom. The van der Waals surface area contributed by atoms with Crippen molar-refractivity contribution in [3.05, 3.63) is 75.1 Å². The summed E-state index contributed by atoms with van der Waals surface area (Å²) in [7, 11) is 0. The van der Waals surface area contributed by atoms with Crippen LogP contribution in [0.2, 0.25) is 15.3 Å². The number of para-hydroxylation sites is 1. The molecule has 10 heteroatoms. The third-order valence-corrected chi connectivity index (χ3v) is 5.61. The van der Waals surface area contributed by atoms with Crippen LogP contribution in [0.5, 0.6) is 0 Å². The Morgan fingerprint density at radius 1 is 1.12 bits per heavy atom. The van der Waals surface area contributed by atoms with Crippen molar-refractivity contribution in [3.8, 4) is 0 Å². The molecule has 0 saturated heterocycles. The van der Waals surface area contributed by atoms with E-state index in [0.29, 0.717) is 38.9 Å². The highest BCUT2D eigenvalue weighted by Gasteiger charge is 2.15. The van der Waals surface area contributed by atoms with Crippen LogP contribution in [-0.2, 0) is 9.47 Å². The lowest BCUT2D eigenvalue weighted by Crippen LogP contribution is -2.11. The molecule has 0 fully saturated rings. The summed E-state index contributed by atoms with van der Waals surface area (Å²) < 4.78 is 10.1. The second-order valence-electron chi connectivity index (χ2n) is 6.13. The number of hydrogen-bond donors (Lipinski definition) is 1. The lowest BCUT2D eigenvalue weighted by atomic mass is 10.1. The monoisotopic (exact) mass is 513 g/mol. The molecule has 0 aliphatic heterocycles. The summed E-state index contributed by atoms with van der Waals surface area (Å²) in [6.07, 6.45) is 3.58. The fourth-order valence-corrected chi connectivity index (χ4v) is 3.40. The van der Waals surface area contributed by atoms with E-state index >= 15 is 0 Å². The minimum absolute atomic E-state index is 0.0877. The molecule has 6 nitrogen and oxygen atoms in total. The first-order chi connectivity index (χ1) is 15.4. The summed E-state index contributed by atoms with van der Waals surface area (Å²) >= 11 is 19.5. The van der Waals surface area contributed by atoms with E-state index in [4.69, 9.17) is 44.3 Å². The Hall–Kier alpha value is -2.03. The van der Waals surface area contributed by atoms with Gasteiger partial charge in [-0.3, -0.25) is 0 Å². The van der Waals surface area contributed by atoms with Crippen LogP contribution in [-0.4, -0.2) is 35.6 Å². The van der Waals surface area contributed by atoms with Gasteiger partial charge in [-0.15, -0.1) is 11.8 Å². The number of anilines is 2. The van der Waals surface area contributed by atoms with Crippen LogP contribution in [0.1, 0.15) is 22.8 Å². The summed E-state index contributed by atoms with van der Waals surface area (Å²) in [5.41, 5.74) is 2.37. The van der Waals surface area contributed by atoms with Crippen molar-refractivity contribution in [3.63, 3.8) is 0 Å². The molecular weight excluding hydrogens is 493 g/mol. The molecule has 1 heterocycles. The second kappa shape index (κ2) is 13.5. The third-order valence-electron chi connectivity index (χ3n) is 3.98. The van der Waals surface area contributed by atoms with E-state index in [1.54, 1.807) is 48.3 Å². The van der Waals surface area contributed by atoms with E-state index in [9.17, 15) is 4.79 Å². The maximum atomic E-state index is 12.2. The third kappa shape index (κ3) is 7.83. The number of nitrogens with zero attached hydrogens (tertiary/aromatic N) is 2. The molecule has 3 aromatic rings. The van der Waals surface area contributed by atoms with Crippen molar-refractivity contribution >= 4 is 63.9 Å². The number of aromatic nitrogens is 2. The van der Waals surface area contributed by atoms with Gasteiger partial charge in [-0.05, 0) is 61.5 Å². The molecule has 32 heavy (non-hydrogen) atoms. The zero-order chi connectivity index (χ0) is 23.5. The van der Waals surface area contributed by atoms with E-state index < -0.39 is 5.97 Å². The molecule has 0 unspecified atom stereocenters. The topological polar surface area (TPSA) is 73.3 Å². The number of benzene rings is 2. The van der Waals surface area contributed by atoms with Gasteiger partial charge in [0.15, 0.2) is 6.79 Å². The molecule has 0 spiro atoms. The maximum Gasteiger partial charge on any atom is 0.342 e. The summed E-state index contributed by atoms with van der Waals surface area (Å²) in [6.45, 7) is 4.09. The van der Waals surface area contributed by atoms with E-state index in [1.807, 2.05) is 32.2 Å². The lowest BCUT2D eigenvalue weighted by Gasteiger charge is -2.15. The summed E-state index contributed by atoms with van der Waals surface area (Å²) in [6, 6.07) is 12.4. The normalized spacial score (nSPS) is 10.2. The van der Waals surface area contributed by atoms with Gasteiger partial charge in [0.1, 0.15) is 5.03 Å². The number of nitrogens with one attached hydrogen (secondary N) is 1. The number of ether oxygens (including phenoxy) is 2. The van der Waals surface area contributed by atoms with Crippen molar-refractivity contribution in [2.75, 3.05) is 25.0 Å². The van der Waals surface area contributed by atoms with Crippen LogP contribution >= 0.6 is 46.6 Å². The van der Waals surface area contributed by atoms with Crippen molar-refractivity contribution < 1.29 is 14.3 Å². The second-order valence-corrected chi connectivity index (χ2v) is 8.08. The molecule has 3 rings (SSSR count). The molecule has 0 bridgehead atoms. The molecule has 0 radical (unpaired) electrons. The van der Waals surface area contributed by atoms with Gasteiger partial charge >= 0.3 is 5.97 Å². The maximum absolute atomic E-state index is 12.2. The molecule has 1 aromatic heterocycles. The number of hydrogen-bond acceptors (Lipinski definition) is 7. The fraction of sp³-hybridized carbons (Fsp3) is 0.227. The molecule has 1 N–H and O–H groups in total. The van der Waals surface area contributed by atoms with Gasteiger partial charge in [-0.2, -0.15) is 0 Å². The van der Waals surface area contributed by atoms with Gasteiger partial charge in [0.25, 0.3) is 0 Å². The minimum Gasteiger partial charge on any atom is -0.435 e. The van der Waals surface area contributed by atoms with Gasteiger partial charge in [0.2, 0.25) is 5.28 Å². The van der Waals surface area contributed by atoms with Crippen LogP contribution in [0.4, 0.5) is 11.4 Å². The number of rotatable bonds is 7. The molecule has 2 aromatic carbocycles. The summed E-state index contributed by atoms with van der Waals surface area (Å²) in [4.78, 5) is 19.8. The average molecular weight is 515 g/mol. The first kappa shape index (κ1) is 26.2. The van der Waals surface area contributed by atoms with E-state index in [0.717, 1.165) is 10.6 Å². The molecule has 0 saturated carbocycles. The highest BCUT2D eigenvalue weighted by molar-refractivity contribution is 7.98. The highest BCUT2D eigenvalue weighted by atomic mass is 35.5. The SMILES string of the molecule is CCOCOC(=O)c1ccccc1Nc1c(Cl)ccc(C)c1Cl.CSc1ccnc(Cl)n1. The number of carbonyl (C=O) groups excluding carboxylic acids is 1. The highest BCUT2D eigenvalue weighted by Crippen LogP contribution is 2.36. The van der Waals surface area contributed by atoms with E-state index in [2.05, 4.69) is 15.3 Å². The predicted octanol–water partition coefficient (Wildman–Crippen LogP) is 7.05. The van der Waals surface area contributed by atoms with E-state index in [-0.39, 0.29) is 6.79 Å². The van der Waals surface area contributed by atoms with Gasteiger partial charge in [0.05, 0.1) is 27.0 Å².